The molecule has 3 aromatic rings. The minimum Gasteiger partial charge on any atom is -0.307 e. The van der Waals surface area contributed by atoms with Crippen molar-refractivity contribution in [3.63, 3.8) is 0 Å². The fourth-order valence-electron chi connectivity index (χ4n) is 3.27. The molecule has 1 aromatic carbocycles. The molecule has 3 heterocycles. The van der Waals surface area contributed by atoms with Crippen molar-refractivity contribution in [1.29, 1.82) is 0 Å². The summed E-state index contributed by atoms with van der Waals surface area (Å²) in [4.78, 5) is 17.1. The number of aromatic nitrogens is 3. The van der Waals surface area contributed by atoms with Crippen LogP contribution in [0.3, 0.4) is 0 Å². The van der Waals surface area contributed by atoms with Crippen molar-refractivity contribution in [2.75, 3.05) is 18.4 Å². The highest BCUT2D eigenvalue weighted by Gasteiger charge is 2.27. The molecule has 1 N–H and O–H groups in total. The summed E-state index contributed by atoms with van der Waals surface area (Å²) in [7, 11) is -3.58. The van der Waals surface area contributed by atoms with Crippen LogP contribution in [0.1, 0.15) is 28.9 Å². The van der Waals surface area contributed by atoms with E-state index in [0.717, 1.165) is 18.5 Å². The molecule has 1 aliphatic rings. The second kappa shape index (κ2) is 8.14. The SMILES string of the molecule is O=C(Nc1ccnn1Cc1ccccn1)c1cccc(S(=O)(=O)N2CCCC2)c1. The standard InChI is InChI=1S/C20H21N5O3S/c26-20(23-19-9-11-22-25(19)15-17-7-1-2-10-21-17)16-6-5-8-18(14-16)29(27,28)24-12-3-4-13-24/h1-2,5-11,14H,3-4,12-13,15H2,(H,23,26). The maximum Gasteiger partial charge on any atom is 0.256 e. The van der Waals surface area contributed by atoms with Gasteiger partial charge in [0.25, 0.3) is 5.91 Å². The summed E-state index contributed by atoms with van der Waals surface area (Å²) in [5.41, 5.74) is 1.08. The van der Waals surface area contributed by atoms with Crippen LogP contribution in [0.15, 0.2) is 65.8 Å². The van der Waals surface area contributed by atoms with E-state index in [9.17, 15) is 13.2 Å². The quantitative estimate of drug-likeness (QED) is 0.672. The Morgan fingerprint density at radius 2 is 1.86 bits per heavy atom. The van der Waals surface area contributed by atoms with Crippen LogP contribution in [-0.2, 0) is 16.6 Å². The van der Waals surface area contributed by atoms with Crippen LogP contribution in [0.25, 0.3) is 0 Å². The second-order valence-electron chi connectivity index (χ2n) is 6.79. The first-order chi connectivity index (χ1) is 14.0. The van der Waals surface area contributed by atoms with Crippen LogP contribution in [0, 0.1) is 0 Å². The van der Waals surface area contributed by atoms with E-state index in [1.807, 2.05) is 18.2 Å². The number of nitrogens with zero attached hydrogens (tertiary/aromatic N) is 4. The summed E-state index contributed by atoms with van der Waals surface area (Å²) in [6.45, 7) is 1.45. The third kappa shape index (κ3) is 4.20. The first-order valence-corrected chi connectivity index (χ1v) is 10.8. The zero-order chi connectivity index (χ0) is 20.3. The second-order valence-corrected chi connectivity index (χ2v) is 8.73. The van der Waals surface area contributed by atoms with E-state index in [1.54, 1.807) is 35.3 Å². The number of hydrogen-bond acceptors (Lipinski definition) is 5. The maximum atomic E-state index is 12.8. The summed E-state index contributed by atoms with van der Waals surface area (Å²) in [6, 6.07) is 13.4. The summed E-state index contributed by atoms with van der Waals surface area (Å²) >= 11 is 0. The number of hydrogen-bond donors (Lipinski definition) is 1. The van der Waals surface area contributed by atoms with Crippen molar-refractivity contribution in [2.24, 2.45) is 0 Å². The number of carbonyl (C=O) groups excluding carboxylic acids is 1. The number of nitrogens with one attached hydrogen (secondary N) is 1. The molecule has 8 nitrogen and oxygen atoms in total. The molecule has 0 spiro atoms. The normalized spacial score (nSPS) is 14.8. The third-order valence-electron chi connectivity index (χ3n) is 4.80. The Morgan fingerprint density at radius 3 is 2.62 bits per heavy atom. The molecule has 0 radical (unpaired) electrons. The highest BCUT2D eigenvalue weighted by molar-refractivity contribution is 7.89. The first kappa shape index (κ1) is 19.3. The van der Waals surface area contributed by atoms with E-state index in [-0.39, 0.29) is 10.5 Å². The Kier molecular flexibility index (Phi) is 5.41. The van der Waals surface area contributed by atoms with Crippen LogP contribution >= 0.6 is 0 Å². The molecule has 2 aromatic heterocycles. The van der Waals surface area contributed by atoms with E-state index >= 15 is 0 Å². The third-order valence-corrected chi connectivity index (χ3v) is 6.69. The van der Waals surface area contributed by atoms with E-state index < -0.39 is 15.9 Å². The van der Waals surface area contributed by atoms with Crippen molar-refractivity contribution >= 4 is 21.7 Å². The van der Waals surface area contributed by atoms with Crippen LogP contribution in [0.5, 0.6) is 0 Å². The molecular formula is C20H21N5O3S. The molecular weight excluding hydrogens is 390 g/mol. The lowest BCUT2D eigenvalue weighted by molar-refractivity contribution is 0.102. The largest absolute Gasteiger partial charge is 0.307 e. The Balaban J connectivity index is 1.52. The summed E-state index contributed by atoms with van der Waals surface area (Å²) in [6.07, 6.45) is 5.01. The molecule has 1 amide bonds. The van der Waals surface area contributed by atoms with Gasteiger partial charge in [-0.2, -0.15) is 9.40 Å². The van der Waals surface area contributed by atoms with Gasteiger partial charge in [-0.15, -0.1) is 0 Å². The monoisotopic (exact) mass is 411 g/mol. The molecule has 9 heteroatoms. The predicted molar refractivity (Wildman–Crippen MR) is 108 cm³/mol. The molecule has 0 atom stereocenters. The van der Waals surface area contributed by atoms with Gasteiger partial charge in [-0.05, 0) is 43.2 Å². The molecule has 0 bridgehead atoms. The van der Waals surface area contributed by atoms with Gasteiger partial charge in [-0.3, -0.25) is 9.78 Å². The number of sulfonamides is 1. The fourth-order valence-corrected chi connectivity index (χ4v) is 4.84. The zero-order valence-electron chi connectivity index (χ0n) is 15.7. The lowest BCUT2D eigenvalue weighted by Crippen LogP contribution is -2.28. The van der Waals surface area contributed by atoms with E-state index in [1.165, 1.54) is 16.4 Å². The molecule has 4 rings (SSSR count). The minimum atomic E-state index is -3.58. The van der Waals surface area contributed by atoms with E-state index in [0.29, 0.717) is 25.5 Å². The Labute approximate surface area is 169 Å². The summed E-state index contributed by atoms with van der Waals surface area (Å²) < 4.78 is 28.6. The number of anilines is 1. The van der Waals surface area contributed by atoms with Crippen LogP contribution < -0.4 is 5.32 Å². The number of benzene rings is 1. The number of pyridine rings is 1. The lowest BCUT2D eigenvalue weighted by atomic mass is 10.2. The van der Waals surface area contributed by atoms with Crippen molar-refractivity contribution in [1.82, 2.24) is 19.1 Å². The Morgan fingerprint density at radius 1 is 1.03 bits per heavy atom. The van der Waals surface area contributed by atoms with Gasteiger partial charge in [0, 0.05) is 30.9 Å². The molecule has 1 aliphatic heterocycles. The Bertz CT molecular complexity index is 1110. The number of rotatable bonds is 6. The highest BCUT2D eigenvalue weighted by atomic mass is 32.2. The fraction of sp³-hybridized carbons (Fsp3) is 0.250. The first-order valence-electron chi connectivity index (χ1n) is 9.37. The van der Waals surface area contributed by atoms with Gasteiger partial charge in [0.05, 0.1) is 23.3 Å². The van der Waals surface area contributed by atoms with Crippen LogP contribution in [0.4, 0.5) is 5.82 Å². The molecule has 150 valence electrons. The maximum absolute atomic E-state index is 12.8. The van der Waals surface area contributed by atoms with Gasteiger partial charge in [0.2, 0.25) is 10.0 Å². The molecule has 1 fully saturated rings. The van der Waals surface area contributed by atoms with Gasteiger partial charge in [-0.1, -0.05) is 12.1 Å². The van der Waals surface area contributed by atoms with Gasteiger partial charge in [0.15, 0.2) is 0 Å². The highest BCUT2D eigenvalue weighted by Crippen LogP contribution is 2.22. The summed E-state index contributed by atoms with van der Waals surface area (Å²) in [5.74, 6) is 0.111. The lowest BCUT2D eigenvalue weighted by Gasteiger charge is -2.16. The molecule has 1 saturated heterocycles. The molecule has 29 heavy (non-hydrogen) atoms. The number of carbonyl (C=O) groups is 1. The molecule has 0 unspecified atom stereocenters. The van der Waals surface area contributed by atoms with E-state index in [4.69, 9.17) is 0 Å². The van der Waals surface area contributed by atoms with Crippen molar-refractivity contribution in [3.8, 4) is 0 Å². The smallest absolute Gasteiger partial charge is 0.256 e. The van der Waals surface area contributed by atoms with E-state index in [2.05, 4.69) is 15.4 Å². The Hall–Kier alpha value is -3.04. The van der Waals surface area contributed by atoms with Crippen molar-refractivity contribution in [3.05, 3.63) is 72.2 Å². The van der Waals surface area contributed by atoms with Crippen LogP contribution in [0.2, 0.25) is 0 Å². The summed E-state index contributed by atoms with van der Waals surface area (Å²) in [5, 5.41) is 7.03. The average Bonchev–Trinajstić information content (AvgIpc) is 3.42. The molecule has 0 aliphatic carbocycles. The van der Waals surface area contributed by atoms with Crippen molar-refractivity contribution in [2.45, 2.75) is 24.3 Å². The topological polar surface area (TPSA) is 97.2 Å². The average molecular weight is 411 g/mol. The minimum absolute atomic E-state index is 0.133. The zero-order valence-corrected chi connectivity index (χ0v) is 16.5. The van der Waals surface area contributed by atoms with Gasteiger partial charge in [0.1, 0.15) is 5.82 Å². The van der Waals surface area contributed by atoms with Crippen LogP contribution in [-0.4, -0.2) is 46.5 Å². The van der Waals surface area contributed by atoms with Gasteiger partial charge < -0.3 is 5.32 Å². The van der Waals surface area contributed by atoms with Gasteiger partial charge in [-0.25, -0.2) is 13.1 Å². The van der Waals surface area contributed by atoms with Gasteiger partial charge >= 0.3 is 0 Å². The van der Waals surface area contributed by atoms with Crippen molar-refractivity contribution < 1.29 is 13.2 Å². The predicted octanol–water partition coefficient (Wildman–Crippen LogP) is 2.36. The molecule has 0 saturated carbocycles. The number of amides is 1.